The number of nitrogens with zero attached hydrogens (tertiary/aromatic N) is 2. The van der Waals surface area contributed by atoms with Crippen molar-refractivity contribution >= 4 is 29.1 Å². The summed E-state index contributed by atoms with van der Waals surface area (Å²) in [6, 6.07) is 11.6. The number of aromatic amines is 2. The van der Waals surface area contributed by atoms with Gasteiger partial charge in [0.05, 0.1) is 11.1 Å². The molecule has 6 nitrogen and oxygen atoms in total. The molecule has 0 unspecified atom stereocenters. The van der Waals surface area contributed by atoms with Crippen LogP contribution >= 0.6 is 0 Å². The molecule has 0 amide bonds. The van der Waals surface area contributed by atoms with E-state index in [9.17, 15) is 9.18 Å². The van der Waals surface area contributed by atoms with Gasteiger partial charge in [-0.25, -0.2) is 4.39 Å². The van der Waals surface area contributed by atoms with Gasteiger partial charge < -0.3 is 10.7 Å². The normalized spacial score (nSPS) is 11.4. The Labute approximate surface area is 147 Å². The average molecular weight is 347 g/mol. The van der Waals surface area contributed by atoms with Gasteiger partial charge in [0, 0.05) is 17.5 Å². The zero-order valence-corrected chi connectivity index (χ0v) is 13.5. The highest BCUT2D eigenvalue weighted by atomic mass is 19.1. The maximum absolute atomic E-state index is 13.0. The van der Waals surface area contributed by atoms with Crippen LogP contribution in [0.4, 0.5) is 10.3 Å². The number of nitrogen functional groups attached to an aromatic ring is 1. The Balaban J connectivity index is 1.68. The number of halogens is 1. The summed E-state index contributed by atoms with van der Waals surface area (Å²) in [5.74, 6) is -0.209. The molecule has 0 aliphatic carbocycles. The van der Waals surface area contributed by atoms with E-state index in [1.54, 1.807) is 24.4 Å². The third-order valence-corrected chi connectivity index (χ3v) is 3.92. The van der Waals surface area contributed by atoms with E-state index in [1.807, 2.05) is 24.3 Å². The first-order chi connectivity index (χ1) is 12.6. The Hall–Kier alpha value is -3.74. The first kappa shape index (κ1) is 15.8. The smallest absolute Gasteiger partial charge is 0.261 e. The van der Waals surface area contributed by atoms with Crippen LogP contribution in [0.2, 0.25) is 0 Å². The van der Waals surface area contributed by atoms with E-state index in [0.717, 1.165) is 22.5 Å². The molecule has 0 atom stereocenters. The summed E-state index contributed by atoms with van der Waals surface area (Å²) in [6.07, 6.45) is 5.36. The lowest BCUT2D eigenvalue weighted by atomic mass is 10.1. The number of hydrogen-bond acceptors (Lipinski definition) is 4. The van der Waals surface area contributed by atoms with Crippen LogP contribution in [0.15, 0.2) is 53.5 Å². The summed E-state index contributed by atoms with van der Waals surface area (Å²) in [6.45, 7) is 0. The summed E-state index contributed by atoms with van der Waals surface area (Å²) in [5, 5.41) is 0.439. The third-order valence-electron chi connectivity index (χ3n) is 3.92. The zero-order valence-electron chi connectivity index (χ0n) is 13.5. The summed E-state index contributed by atoms with van der Waals surface area (Å²) in [7, 11) is 0. The fourth-order valence-corrected chi connectivity index (χ4v) is 2.66. The molecule has 0 aliphatic rings. The Morgan fingerprint density at radius 2 is 1.85 bits per heavy atom. The molecule has 0 spiro atoms. The predicted molar refractivity (Wildman–Crippen MR) is 99.7 cm³/mol. The topological polar surface area (TPSA) is 100 Å². The number of rotatable bonds is 3. The Morgan fingerprint density at radius 3 is 2.65 bits per heavy atom. The first-order valence-corrected chi connectivity index (χ1v) is 7.87. The molecular weight excluding hydrogens is 333 g/mol. The molecule has 0 saturated carbocycles. The summed E-state index contributed by atoms with van der Waals surface area (Å²) >= 11 is 0. The van der Waals surface area contributed by atoms with Crippen molar-refractivity contribution in [1.82, 2.24) is 19.9 Å². The van der Waals surface area contributed by atoms with Crippen LogP contribution in [0.3, 0.4) is 0 Å². The van der Waals surface area contributed by atoms with Crippen molar-refractivity contribution in [1.29, 1.82) is 0 Å². The highest BCUT2D eigenvalue weighted by Gasteiger charge is 2.09. The molecule has 3 aromatic heterocycles. The van der Waals surface area contributed by atoms with Crippen molar-refractivity contribution in [3.8, 4) is 11.3 Å². The lowest BCUT2D eigenvalue weighted by Crippen LogP contribution is -2.09. The van der Waals surface area contributed by atoms with Crippen LogP contribution in [-0.4, -0.2) is 19.9 Å². The fourth-order valence-electron chi connectivity index (χ4n) is 2.66. The number of anilines is 1. The highest BCUT2D eigenvalue weighted by Crippen LogP contribution is 2.22. The number of H-pyrrole nitrogens is 2. The maximum atomic E-state index is 13.0. The largest absolute Gasteiger partial charge is 0.369 e. The molecule has 0 radical (unpaired) electrons. The molecule has 128 valence electrons. The van der Waals surface area contributed by atoms with E-state index in [-0.39, 0.29) is 17.3 Å². The van der Waals surface area contributed by atoms with E-state index < -0.39 is 0 Å². The minimum Gasteiger partial charge on any atom is -0.369 e. The van der Waals surface area contributed by atoms with Gasteiger partial charge in [-0.2, -0.15) is 4.98 Å². The van der Waals surface area contributed by atoms with Gasteiger partial charge in [-0.3, -0.25) is 14.8 Å². The molecule has 26 heavy (non-hydrogen) atoms. The number of hydrogen-bond donors (Lipinski definition) is 3. The lowest BCUT2D eigenvalue weighted by molar-refractivity contribution is 0.628. The van der Waals surface area contributed by atoms with Crippen molar-refractivity contribution in [2.75, 3.05) is 5.73 Å². The van der Waals surface area contributed by atoms with Gasteiger partial charge in [0.1, 0.15) is 11.5 Å². The number of nitrogens with one attached hydrogen (secondary N) is 2. The number of fused-ring (bicyclic) bond motifs is 1. The molecule has 0 bridgehead atoms. The zero-order chi connectivity index (χ0) is 18.1. The van der Waals surface area contributed by atoms with Gasteiger partial charge in [-0.1, -0.05) is 18.2 Å². The monoisotopic (exact) mass is 347 g/mol. The van der Waals surface area contributed by atoms with E-state index in [4.69, 9.17) is 5.73 Å². The second kappa shape index (κ2) is 6.29. The Kier molecular flexibility index (Phi) is 3.81. The second-order valence-corrected chi connectivity index (χ2v) is 5.75. The van der Waals surface area contributed by atoms with Crippen LogP contribution in [-0.2, 0) is 0 Å². The number of aromatic nitrogens is 4. The van der Waals surface area contributed by atoms with Gasteiger partial charge in [0.25, 0.3) is 5.56 Å². The minimum atomic E-state index is -0.291. The molecule has 0 aliphatic heterocycles. The lowest BCUT2D eigenvalue weighted by Gasteiger charge is -1.99. The molecular formula is C19H14FN5O. The summed E-state index contributed by atoms with van der Waals surface area (Å²) in [5.41, 5.74) is 8.91. The first-order valence-electron chi connectivity index (χ1n) is 7.87. The van der Waals surface area contributed by atoms with Crippen LogP contribution in [0.1, 0.15) is 11.3 Å². The van der Waals surface area contributed by atoms with Gasteiger partial charge in [-0.15, -0.1) is 0 Å². The highest BCUT2D eigenvalue weighted by molar-refractivity contribution is 5.83. The van der Waals surface area contributed by atoms with Gasteiger partial charge >= 0.3 is 0 Å². The van der Waals surface area contributed by atoms with Crippen molar-refractivity contribution in [3.05, 3.63) is 76.1 Å². The SMILES string of the molecule is Nc1nc2[nH]c(-c3ccnc(/C=C/c4ccc(F)cc4)c3)cc2c(=O)[nH]1. The van der Waals surface area contributed by atoms with E-state index in [2.05, 4.69) is 19.9 Å². The third kappa shape index (κ3) is 3.10. The molecule has 1 aromatic carbocycles. The molecule has 4 aromatic rings. The molecule has 3 heterocycles. The van der Waals surface area contributed by atoms with Crippen molar-refractivity contribution < 1.29 is 4.39 Å². The Morgan fingerprint density at radius 1 is 1.04 bits per heavy atom. The Bertz CT molecular complexity index is 1170. The molecule has 0 fully saturated rings. The quantitative estimate of drug-likeness (QED) is 0.530. The van der Waals surface area contributed by atoms with E-state index >= 15 is 0 Å². The minimum absolute atomic E-state index is 0.0635. The number of pyridine rings is 1. The second-order valence-electron chi connectivity index (χ2n) is 5.75. The molecule has 7 heteroatoms. The molecule has 0 saturated heterocycles. The summed E-state index contributed by atoms with van der Waals surface area (Å²) in [4.78, 5) is 25.9. The standard InChI is InChI=1S/C19H14FN5O/c20-13-4-1-11(2-5-13)3-6-14-9-12(7-8-22-14)16-10-15-17(23-16)24-19(21)25-18(15)26/h1-10H,(H4,21,23,24,25,26)/b6-3+. The van der Waals surface area contributed by atoms with Crippen molar-refractivity contribution in [3.63, 3.8) is 0 Å². The fraction of sp³-hybridized carbons (Fsp3) is 0. The van der Waals surface area contributed by atoms with Gasteiger partial charge in [0.2, 0.25) is 5.95 Å². The molecule has 4 N–H and O–H groups in total. The van der Waals surface area contributed by atoms with E-state index in [1.165, 1.54) is 12.1 Å². The van der Waals surface area contributed by atoms with Crippen LogP contribution in [0.5, 0.6) is 0 Å². The molecule has 4 rings (SSSR count). The van der Waals surface area contributed by atoms with Crippen LogP contribution in [0, 0.1) is 5.82 Å². The van der Waals surface area contributed by atoms with Crippen LogP contribution < -0.4 is 11.3 Å². The maximum Gasteiger partial charge on any atom is 0.261 e. The van der Waals surface area contributed by atoms with Crippen molar-refractivity contribution in [2.45, 2.75) is 0 Å². The average Bonchev–Trinajstić information content (AvgIpc) is 3.06. The number of benzene rings is 1. The van der Waals surface area contributed by atoms with Crippen molar-refractivity contribution in [2.24, 2.45) is 0 Å². The predicted octanol–water partition coefficient (Wildman–Crippen LogP) is 3.20. The van der Waals surface area contributed by atoms with Crippen LogP contribution in [0.25, 0.3) is 34.4 Å². The number of nitrogens with two attached hydrogens (primary N) is 1. The van der Waals surface area contributed by atoms with E-state index in [0.29, 0.717) is 11.0 Å². The van der Waals surface area contributed by atoms with Gasteiger partial charge in [-0.05, 0) is 42.0 Å². The summed E-state index contributed by atoms with van der Waals surface area (Å²) < 4.78 is 13.0. The van der Waals surface area contributed by atoms with Gasteiger partial charge in [0.15, 0.2) is 0 Å².